The van der Waals surface area contributed by atoms with Gasteiger partial charge in [-0.2, -0.15) is 0 Å². The number of benzene rings is 1. The summed E-state index contributed by atoms with van der Waals surface area (Å²) >= 11 is 0. The summed E-state index contributed by atoms with van der Waals surface area (Å²) in [4.78, 5) is 12.5. The minimum Gasteiger partial charge on any atom is -0.491 e. The number of hydrogen-bond acceptors (Lipinski definition) is 4. The Morgan fingerprint density at radius 2 is 1.75 bits per heavy atom. The highest BCUT2D eigenvalue weighted by molar-refractivity contribution is 6.63. The fourth-order valence-electron chi connectivity index (χ4n) is 3.71. The third-order valence-electron chi connectivity index (χ3n) is 5.77. The fourth-order valence-corrected chi connectivity index (χ4v) is 3.71. The van der Waals surface area contributed by atoms with Crippen molar-refractivity contribution in [2.45, 2.75) is 58.2 Å². The Morgan fingerprint density at radius 3 is 2.46 bits per heavy atom. The molecule has 3 aliphatic rings. The van der Waals surface area contributed by atoms with Crippen molar-refractivity contribution in [2.24, 2.45) is 0 Å². The molecule has 1 aliphatic carbocycles. The first-order valence-electron chi connectivity index (χ1n) is 8.75. The smallest absolute Gasteiger partial charge is 0.491 e. The Morgan fingerprint density at radius 1 is 1.08 bits per heavy atom. The van der Waals surface area contributed by atoms with Gasteiger partial charge in [0.1, 0.15) is 12.4 Å². The first-order chi connectivity index (χ1) is 11.3. The molecule has 1 aromatic rings. The van der Waals surface area contributed by atoms with E-state index in [0.29, 0.717) is 18.7 Å². The first kappa shape index (κ1) is 16.0. The summed E-state index contributed by atoms with van der Waals surface area (Å²) in [6.45, 7) is 9.24. The highest BCUT2D eigenvalue weighted by Gasteiger charge is 2.52. The van der Waals surface area contributed by atoms with E-state index in [1.807, 2.05) is 33.8 Å². The van der Waals surface area contributed by atoms with Gasteiger partial charge in [-0.05, 0) is 69.6 Å². The van der Waals surface area contributed by atoms with Crippen molar-refractivity contribution in [3.8, 4) is 5.75 Å². The van der Waals surface area contributed by atoms with Crippen LogP contribution in [0.3, 0.4) is 0 Å². The average molecular weight is 329 g/mol. The summed E-state index contributed by atoms with van der Waals surface area (Å²) in [6, 6.07) is 1.92. The van der Waals surface area contributed by atoms with Gasteiger partial charge in [0, 0.05) is 0 Å². The van der Waals surface area contributed by atoms with Gasteiger partial charge in [0.05, 0.1) is 23.3 Å². The lowest BCUT2D eigenvalue weighted by molar-refractivity contribution is 0.00578. The van der Waals surface area contributed by atoms with E-state index in [-0.39, 0.29) is 5.91 Å². The molecule has 0 radical (unpaired) electrons. The third kappa shape index (κ3) is 2.27. The Bertz CT molecular complexity index is 697. The van der Waals surface area contributed by atoms with Crippen LogP contribution in [0.25, 0.3) is 0 Å². The lowest BCUT2D eigenvalue weighted by Gasteiger charge is -2.32. The van der Waals surface area contributed by atoms with E-state index in [2.05, 4.69) is 5.32 Å². The maximum Gasteiger partial charge on any atom is 0.495 e. The number of carbonyl (C=O) groups excluding carboxylic acids is 1. The largest absolute Gasteiger partial charge is 0.495 e. The van der Waals surface area contributed by atoms with Crippen LogP contribution in [0, 0.1) is 0 Å². The summed E-state index contributed by atoms with van der Waals surface area (Å²) in [5.74, 6) is 0.688. The molecule has 128 valence electrons. The van der Waals surface area contributed by atoms with Crippen molar-refractivity contribution < 1.29 is 18.8 Å². The molecule has 1 saturated heterocycles. The molecule has 0 spiro atoms. The normalized spacial score (nSPS) is 24.0. The molecular weight excluding hydrogens is 305 g/mol. The third-order valence-corrected chi connectivity index (χ3v) is 5.77. The maximum absolute atomic E-state index is 12.5. The summed E-state index contributed by atoms with van der Waals surface area (Å²) in [7, 11) is -0.441. The second-order valence-corrected chi connectivity index (χ2v) is 7.85. The van der Waals surface area contributed by atoms with E-state index < -0.39 is 18.3 Å². The zero-order valence-electron chi connectivity index (χ0n) is 14.8. The molecule has 0 bridgehead atoms. The Labute approximate surface area is 143 Å². The van der Waals surface area contributed by atoms with Crippen molar-refractivity contribution in [3.05, 3.63) is 22.8 Å². The number of amides is 1. The van der Waals surface area contributed by atoms with Crippen molar-refractivity contribution >= 4 is 18.5 Å². The van der Waals surface area contributed by atoms with Gasteiger partial charge in [0.15, 0.2) is 0 Å². The van der Waals surface area contributed by atoms with E-state index in [1.165, 1.54) is 5.56 Å². The predicted octanol–water partition coefficient (Wildman–Crippen LogP) is 1.60. The number of hydrogen-bond donors (Lipinski definition) is 1. The van der Waals surface area contributed by atoms with Crippen LogP contribution < -0.4 is 15.5 Å². The zero-order valence-corrected chi connectivity index (χ0v) is 14.8. The molecule has 1 aromatic carbocycles. The van der Waals surface area contributed by atoms with Crippen molar-refractivity contribution in [2.75, 3.05) is 13.2 Å². The topological polar surface area (TPSA) is 56.8 Å². The maximum atomic E-state index is 12.5. The van der Waals surface area contributed by atoms with Crippen LogP contribution in [0.4, 0.5) is 0 Å². The van der Waals surface area contributed by atoms with Crippen LogP contribution in [0.2, 0.25) is 0 Å². The molecule has 4 rings (SSSR count). The first-order valence-corrected chi connectivity index (χ1v) is 8.75. The highest BCUT2D eigenvalue weighted by Crippen LogP contribution is 2.39. The molecule has 0 unspecified atom stereocenters. The summed E-state index contributed by atoms with van der Waals surface area (Å²) in [5.41, 5.74) is 3.21. The molecule has 0 atom stereocenters. The number of fused-ring (bicyclic) bond motifs is 3. The monoisotopic (exact) mass is 329 g/mol. The van der Waals surface area contributed by atoms with Crippen molar-refractivity contribution in [3.63, 3.8) is 0 Å². The van der Waals surface area contributed by atoms with Gasteiger partial charge in [-0.3, -0.25) is 4.79 Å². The van der Waals surface area contributed by atoms with Gasteiger partial charge in [0.2, 0.25) is 0 Å². The molecule has 0 saturated carbocycles. The quantitative estimate of drug-likeness (QED) is 0.795. The Balaban J connectivity index is 1.83. The van der Waals surface area contributed by atoms with Gasteiger partial charge in [-0.15, -0.1) is 0 Å². The van der Waals surface area contributed by atoms with Gasteiger partial charge in [-0.1, -0.05) is 0 Å². The van der Waals surface area contributed by atoms with Crippen LogP contribution in [0.15, 0.2) is 6.07 Å². The summed E-state index contributed by atoms with van der Waals surface area (Å²) < 4.78 is 18.4. The lowest BCUT2D eigenvalue weighted by Crippen LogP contribution is -2.41. The summed E-state index contributed by atoms with van der Waals surface area (Å²) in [5, 5.41) is 2.90. The molecule has 1 amide bonds. The Kier molecular flexibility index (Phi) is 3.48. The van der Waals surface area contributed by atoms with Gasteiger partial charge < -0.3 is 19.4 Å². The van der Waals surface area contributed by atoms with E-state index in [4.69, 9.17) is 14.0 Å². The molecule has 2 aliphatic heterocycles. The average Bonchev–Trinajstić information content (AvgIpc) is 3.00. The minimum absolute atomic E-state index is 0.0741. The van der Waals surface area contributed by atoms with E-state index in [0.717, 1.165) is 36.0 Å². The van der Waals surface area contributed by atoms with Gasteiger partial charge >= 0.3 is 7.12 Å². The van der Waals surface area contributed by atoms with Crippen LogP contribution in [0.1, 0.15) is 55.6 Å². The number of ether oxygens (including phenoxy) is 1. The number of nitrogens with one attached hydrogen (secondary N) is 1. The molecule has 1 N–H and O–H groups in total. The lowest BCUT2D eigenvalue weighted by atomic mass is 9.73. The van der Waals surface area contributed by atoms with Crippen LogP contribution in [0.5, 0.6) is 5.75 Å². The van der Waals surface area contributed by atoms with Gasteiger partial charge in [0.25, 0.3) is 5.91 Å². The molecule has 0 aromatic heterocycles. The molecule has 6 heteroatoms. The van der Waals surface area contributed by atoms with Crippen molar-refractivity contribution in [1.82, 2.24) is 5.32 Å². The summed E-state index contributed by atoms with van der Waals surface area (Å²) in [6.07, 6.45) is 2.99. The second kappa shape index (κ2) is 5.23. The van der Waals surface area contributed by atoms with Crippen LogP contribution in [-0.4, -0.2) is 37.4 Å². The van der Waals surface area contributed by atoms with E-state index in [1.54, 1.807) is 0 Å². The molecule has 5 nitrogen and oxygen atoms in total. The molecule has 1 fully saturated rings. The predicted molar refractivity (Wildman–Crippen MR) is 92.0 cm³/mol. The standard InChI is InChI=1S/C18H24BNO4/c1-17(2)18(3,4)24-19(23-17)14-10-13-15(12-7-5-6-11(12)14)22-9-8-20-16(13)21/h10H,5-9H2,1-4H3,(H,20,21). The minimum atomic E-state index is -0.441. The number of carbonyl (C=O) groups is 1. The molecule has 2 heterocycles. The second-order valence-electron chi connectivity index (χ2n) is 7.85. The zero-order chi connectivity index (χ0) is 17.1. The van der Waals surface area contributed by atoms with Gasteiger partial charge in [-0.25, -0.2) is 0 Å². The number of rotatable bonds is 1. The fraction of sp³-hybridized carbons (Fsp3) is 0.611. The van der Waals surface area contributed by atoms with Crippen molar-refractivity contribution in [1.29, 1.82) is 0 Å². The van der Waals surface area contributed by atoms with Crippen LogP contribution >= 0.6 is 0 Å². The highest BCUT2D eigenvalue weighted by atomic mass is 16.7. The van der Waals surface area contributed by atoms with Crippen LogP contribution in [-0.2, 0) is 22.2 Å². The SMILES string of the molecule is CC1(C)OB(c2cc3c(c4c2CCC4)OCCNC3=O)OC1(C)C. The Hall–Kier alpha value is -1.53. The van der Waals surface area contributed by atoms with E-state index >= 15 is 0 Å². The van der Waals surface area contributed by atoms with E-state index in [9.17, 15) is 4.79 Å². The molecular formula is C18H24BNO4. The molecule has 24 heavy (non-hydrogen) atoms.